The number of carbonyl (C=O) groups is 1. The van der Waals surface area contributed by atoms with Crippen molar-refractivity contribution in [2.24, 2.45) is 0 Å². The van der Waals surface area contributed by atoms with Gasteiger partial charge < -0.3 is 15.5 Å². The summed E-state index contributed by atoms with van der Waals surface area (Å²) in [6, 6.07) is 12.6. The number of hydrogen-bond acceptors (Lipinski definition) is 2. The van der Waals surface area contributed by atoms with Crippen molar-refractivity contribution in [1.82, 2.24) is 5.32 Å². The standard InChI is InChI=1S/C21H26FN3O/c1-3-16-6-8-17(9-7-16)15(2)23-21(26)24-18-10-11-20(19(22)14-18)25-12-4-5-13-25/h6-11,14-15H,3-5,12-13H2,1-2H3,(H2,23,24,26). The summed E-state index contributed by atoms with van der Waals surface area (Å²) >= 11 is 0. The average molecular weight is 355 g/mol. The minimum atomic E-state index is -0.342. The average Bonchev–Trinajstić information content (AvgIpc) is 3.16. The van der Waals surface area contributed by atoms with E-state index in [1.807, 2.05) is 24.0 Å². The maximum Gasteiger partial charge on any atom is 0.319 e. The number of benzene rings is 2. The van der Waals surface area contributed by atoms with Gasteiger partial charge in [-0.05, 0) is 55.5 Å². The van der Waals surface area contributed by atoms with E-state index in [1.54, 1.807) is 12.1 Å². The van der Waals surface area contributed by atoms with E-state index < -0.39 is 0 Å². The maximum absolute atomic E-state index is 14.3. The van der Waals surface area contributed by atoms with Crippen LogP contribution in [0.3, 0.4) is 0 Å². The normalized spacial score (nSPS) is 15.0. The summed E-state index contributed by atoms with van der Waals surface area (Å²) in [7, 11) is 0. The largest absolute Gasteiger partial charge is 0.369 e. The van der Waals surface area contributed by atoms with Gasteiger partial charge in [-0.1, -0.05) is 31.2 Å². The Morgan fingerprint density at radius 1 is 1.15 bits per heavy atom. The van der Waals surface area contributed by atoms with Gasteiger partial charge in [-0.2, -0.15) is 0 Å². The van der Waals surface area contributed by atoms with Gasteiger partial charge in [-0.15, -0.1) is 0 Å². The van der Waals surface area contributed by atoms with Crippen LogP contribution < -0.4 is 15.5 Å². The third kappa shape index (κ3) is 4.34. The Labute approximate surface area is 154 Å². The van der Waals surface area contributed by atoms with Crippen molar-refractivity contribution in [3.05, 3.63) is 59.4 Å². The van der Waals surface area contributed by atoms with Crippen LogP contribution in [0.15, 0.2) is 42.5 Å². The molecule has 3 rings (SSSR count). The van der Waals surface area contributed by atoms with Crippen LogP contribution in [0.5, 0.6) is 0 Å². The van der Waals surface area contributed by atoms with Crippen molar-refractivity contribution in [1.29, 1.82) is 0 Å². The summed E-state index contributed by atoms with van der Waals surface area (Å²) in [5.74, 6) is -0.298. The predicted molar refractivity (Wildman–Crippen MR) is 104 cm³/mol. The van der Waals surface area contributed by atoms with E-state index in [1.165, 1.54) is 11.6 Å². The second kappa shape index (κ2) is 8.21. The summed E-state index contributed by atoms with van der Waals surface area (Å²) in [4.78, 5) is 14.3. The minimum absolute atomic E-state index is 0.130. The number of rotatable bonds is 5. The molecule has 4 nitrogen and oxygen atoms in total. The number of aryl methyl sites for hydroxylation is 1. The first-order chi connectivity index (χ1) is 12.6. The third-order valence-corrected chi connectivity index (χ3v) is 4.89. The molecular formula is C21H26FN3O. The third-order valence-electron chi connectivity index (χ3n) is 4.89. The van der Waals surface area contributed by atoms with Crippen LogP contribution in [-0.2, 0) is 6.42 Å². The Balaban J connectivity index is 1.59. The molecule has 138 valence electrons. The van der Waals surface area contributed by atoms with Crippen molar-refractivity contribution < 1.29 is 9.18 Å². The van der Waals surface area contributed by atoms with Crippen LogP contribution in [0.25, 0.3) is 0 Å². The van der Waals surface area contributed by atoms with Gasteiger partial charge in [-0.3, -0.25) is 0 Å². The van der Waals surface area contributed by atoms with Gasteiger partial charge in [0.25, 0.3) is 0 Å². The molecule has 1 aliphatic rings. The molecule has 1 unspecified atom stereocenters. The number of halogens is 1. The van der Waals surface area contributed by atoms with Crippen molar-refractivity contribution in [3.63, 3.8) is 0 Å². The summed E-state index contributed by atoms with van der Waals surface area (Å²) in [5, 5.41) is 5.60. The van der Waals surface area contributed by atoms with Crippen LogP contribution >= 0.6 is 0 Å². The molecule has 0 radical (unpaired) electrons. The first kappa shape index (κ1) is 18.2. The first-order valence-corrected chi connectivity index (χ1v) is 9.27. The highest BCUT2D eigenvalue weighted by molar-refractivity contribution is 5.89. The number of carbonyl (C=O) groups excluding carboxylic acids is 1. The van der Waals surface area contributed by atoms with E-state index in [0.29, 0.717) is 11.4 Å². The second-order valence-electron chi connectivity index (χ2n) is 6.78. The molecule has 2 aromatic rings. The van der Waals surface area contributed by atoms with E-state index in [2.05, 4.69) is 29.7 Å². The highest BCUT2D eigenvalue weighted by Gasteiger charge is 2.17. The van der Waals surface area contributed by atoms with Crippen LogP contribution in [0.2, 0.25) is 0 Å². The molecule has 1 heterocycles. The molecule has 0 aliphatic carbocycles. The summed E-state index contributed by atoms with van der Waals surface area (Å²) < 4.78 is 14.3. The van der Waals surface area contributed by atoms with Gasteiger partial charge in [0, 0.05) is 18.8 Å². The quantitative estimate of drug-likeness (QED) is 0.803. The predicted octanol–water partition coefficient (Wildman–Crippen LogP) is 4.87. The molecule has 5 heteroatoms. The van der Waals surface area contributed by atoms with Crippen LogP contribution in [0.1, 0.15) is 43.9 Å². The molecule has 2 N–H and O–H groups in total. The molecule has 26 heavy (non-hydrogen) atoms. The zero-order chi connectivity index (χ0) is 18.5. The number of urea groups is 1. The zero-order valence-electron chi connectivity index (χ0n) is 15.4. The van der Waals surface area contributed by atoms with E-state index in [-0.39, 0.29) is 17.9 Å². The zero-order valence-corrected chi connectivity index (χ0v) is 15.4. The molecule has 2 amide bonds. The van der Waals surface area contributed by atoms with Crippen LogP contribution in [0.4, 0.5) is 20.6 Å². The lowest BCUT2D eigenvalue weighted by Gasteiger charge is -2.19. The van der Waals surface area contributed by atoms with Crippen molar-refractivity contribution in [3.8, 4) is 0 Å². The van der Waals surface area contributed by atoms with Crippen LogP contribution in [-0.4, -0.2) is 19.1 Å². The number of anilines is 2. The fourth-order valence-electron chi connectivity index (χ4n) is 3.29. The smallest absolute Gasteiger partial charge is 0.319 e. The second-order valence-corrected chi connectivity index (χ2v) is 6.78. The van der Waals surface area contributed by atoms with E-state index in [9.17, 15) is 9.18 Å². The van der Waals surface area contributed by atoms with Gasteiger partial charge in [0.1, 0.15) is 5.82 Å². The number of amides is 2. The van der Waals surface area contributed by atoms with Gasteiger partial charge in [0.2, 0.25) is 0 Å². The topological polar surface area (TPSA) is 44.4 Å². The summed E-state index contributed by atoms with van der Waals surface area (Å²) in [5.41, 5.74) is 3.36. The van der Waals surface area contributed by atoms with Gasteiger partial charge in [0.05, 0.1) is 11.7 Å². The number of nitrogens with zero attached hydrogens (tertiary/aromatic N) is 1. The molecular weight excluding hydrogens is 329 g/mol. The lowest BCUT2D eigenvalue weighted by molar-refractivity contribution is 0.249. The molecule has 1 aliphatic heterocycles. The van der Waals surface area contributed by atoms with E-state index in [0.717, 1.165) is 37.9 Å². The highest BCUT2D eigenvalue weighted by atomic mass is 19.1. The van der Waals surface area contributed by atoms with E-state index >= 15 is 0 Å². The molecule has 1 saturated heterocycles. The summed E-state index contributed by atoms with van der Waals surface area (Å²) in [6.45, 7) is 5.81. The lowest BCUT2D eigenvalue weighted by atomic mass is 10.1. The fourth-order valence-corrected chi connectivity index (χ4v) is 3.29. The maximum atomic E-state index is 14.3. The Morgan fingerprint density at radius 2 is 1.85 bits per heavy atom. The summed E-state index contributed by atoms with van der Waals surface area (Å²) in [6.07, 6.45) is 3.18. The molecule has 1 fully saturated rings. The Kier molecular flexibility index (Phi) is 5.76. The monoisotopic (exact) mass is 355 g/mol. The molecule has 1 atom stereocenters. The lowest BCUT2D eigenvalue weighted by Crippen LogP contribution is -2.31. The van der Waals surface area contributed by atoms with Gasteiger partial charge in [-0.25, -0.2) is 9.18 Å². The van der Waals surface area contributed by atoms with Crippen molar-refractivity contribution >= 4 is 17.4 Å². The Morgan fingerprint density at radius 3 is 2.46 bits per heavy atom. The Bertz CT molecular complexity index is 754. The first-order valence-electron chi connectivity index (χ1n) is 9.27. The van der Waals surface area contributed by atoms with Crippen LogP contribution in [0, 0.1) is 5.82 Å². The Hall–Kier alpha value is -2.56. The fraction of sp³-hybridized carbons (Fsp3) is 0.381. The van der Waals surface area contributed by atoms with Gasteiger partial charge in [0.15, 0.2) is 0 Å². The SMILES string of the molecule is CCc1ccc(C(C)NC(=O)Nc2ccc(N3CCCC3)c(F)c2)cc1. The molecule has 0 bridgehead atoms. The van der Waals surface area contributed by atoms with Crippen molar-refractivity contribution in [2.75, 3.05) is 23.3 Å². The minimum Gasteiger partial charge on any atom is -0.369 e. The van der Waals surface area contributed by atoms with E-state index in [4.69, 9.17) is 0 Å². The molecule has 2 aromatic carbocycles. The molecule has 0 spiro atoms. The van der Waals surface area contributed by atoms with Crippen molar-refractivity contribution in [2.45, 2.75) is 39.2 Å². The van der Waals surface area contributed by atoms with Gasteiger partial charge >= 0.3 is 6.03 Å². The number of hydrogen-bond donors (Lipinski definition) is 2. The number of nitrogens with one attached hydrogen (secondary N) is 2. The molecule has 0 aromatic heterocycles. The highest BCUT2D eigenvalue weighted by Crippen LogP contribution is 2.26. The molecule has 0 saturated carbocycles.